The van der Waals surface area contributed by atoms with Gasteiger partial charge < -0.3 is 14.4 Å². The molecule has 3 aromatic rings. The minimum atomic E-state index is -0.204. The van der Waals surface area contributed by atoms with Gasteiger partial charge in [0.25, 0.3) is 0 Å². The van der Waals surface area contributed by atoms with Gasteiger partial charge in [0, 0.05) is 31.4 Å². The van der Waals surface area contributed by atoms with Crippen LogP contribution in [0.25, 0.3) is 22.3 Å². The topological polar surface area (TPSA) is 77.4 Å². The van der Waals surface area contributed by atoms with Gasteiger partial charge in [0.15, 0.2) is 5.52 Å². The highest BCUT2D eigenvalue weighted by atomic mass is 16.5. The van der Waals surface area contributed by atoms with E-state index in [1.54, 1.807) is 24.2 Å². The predicted octanol–water partition coefficient (Wildman–Crippen LogP) is 3.44. The first-order valence-corrected chi connectivity index (χ1v) is 10.2. The first kappa shape index (κ1) is 20.2. The molecule has 1 atom stereocenters. The van der Waals surface area contributed by atoms with Crippen LogP contribution < -0.4 is 4.74 Å². The SMILES string of the molecule is CC(=O)N1CCO[C@H](COc2nc(-c3ccc(C(C)C)cc3)cc3nccnc23)C1. The summed E-state index contributed by atoms with van der Waals surface area (Å²) in [6, 6.07) is 10.3. The summed E-state index contributed by atoms with van der Waals surface area (Å²) in [5, 5.41) is 0. The number of ether oxygens (including phenoxy) is 2. The molecule has 30 heavy (non-hydrogen) atoms. The molecule has 0 spiro atoms. The van der Waals surface area contributed by atoms with Gasteiger partial charge in [0.05, 0.1) is 24.4 Å². The van der Waals surface area contributed by atoms with Gasteiger partial charge in [-0.05, 0) is 17.5 Å². The van der Waals surface area contributed by atoms with Gasteiger partial charge >= 0.3 is 0 Å². The summed E-state index contributed by atoms with van der Waals surface area (Å²) in [5.41, 5.74) is 4.39. The van der Waals surface area contributed by atoms with Crippen LogP contribution in [0, 0.1) is 0 Å². The van der Waals surface area contributed by atoms with Gasteiger partial charge in [-0.2, -0.15) is 0 Å². The summed E-state index contributed by atoms with van der Waals surface area (Å²) in [6.45, 7) is 7.83. The van der Waals surface area contributed by atoms with E-state index in [9.17, 15) is 4.79 Å². The fourth-order valence-corrected chi connectivity index (χ4v) is 3.51. The quantitative estimate of drug-likeness (QED) is 0.646. The largest absolute Gasteiger partial charge is 0.473 e. The highest BCUT2D eigenvalue weighted by Crippen LogP contribution is 2.28. The Bertz CT molecular complexity index is 1040. The van der Waals surface area contributed by atoms with Crippen molar-refractivity contribution in [1.29, 1.82) is 0 Å². The summed E-state index contributed by atoms with van der Waals surface area (Å²) in [4.78, 5) is 27.0. The van der Waals surface area contributed by atoms with Crippen LogP contribution in [0.15, 0.2) is 42.7 Å². The van der Waals surface area contributed by atoms with Gasteiger partial charge in [0.1, 0.15) is 12.7 Å². The summed E-state index contributed by atoms with van der Waals surface area (Å²) in [6.07, 6.45) is 3.08. The van der Waals surface area contributed by atoms with Gasteiger partial charge in [-0.3, -0.25) is 9.78 Å². The van der Waals surface area contributed by atoms with Crippen LogP contribution in [-0.2, 0) is 9.53 Å². The molecular weight excluding hydrogens is 380 g/mol. The number of morpholine rings is 1. The Kier molecular flexibility index (Phi) is 5.90. The van der Waals surface area contributed by atoms with E-state index >= 15 is 0 Å². The number of fused-ring (bicyclic) bond motifs is 1. The van der Waals surface area contributed by atoms with Crippen LogP contribution >= 0.6 is 0 Å². The number of carbonyl (C=O) groups excluding carboxylic acids is 1. The van der Waals surface area contributed by atoms with Crippen LogP contribution in [-0.4, -0.2) is 58.2 Å². The van der Waals surface area contributed by atoms with E-state index in [1.807, 2.05) is 6.07 Å². The molecule has 3 heterocycles. The molecule has 0 N–H and O–H groups in total. The number of benzene rings is 1. The van der Waals surface area contributed by atoms with E-state index in [0.717, 1.165) is 16.8 Å². The Morgan fingerprint density at radius 1 is 1.23 bits per heavy atom. The molecule has 1 aliphatic heterocycles. The smallest absolute Gasteiger partial charge is 0.242 e. The molecule has 0 unspecified atom stereocenters. The molecule has 0 saturated carbocycles. The molecule has 7 heteroatoms. The minimum Gasteiger partial charge on any atom is -0.473 e. The summed E-state index contributed by atoms with van der Waals surface area (Å²) >= 11 is 0. The molecule has 0 bridgehead atoms. The van der Waals surface area contributed by atoms with E-state index in [2.05, 4.69) is 48.1 Å². The Morgan fingerprint density at radius 2 is 2.00 bits per heavy atom. The average Bonchev–Trinajstić information content (AvgIpc) is 2.77. The van der Waals surface area contributed by atoms with Crippen LogP contribution in [0.4, 0.5) is 0 Å². The lowest BCUT2D eigenvalue weighted by atomic mass is 10.0. The number of nitrogens with zero attached hydrogens (tertiary/aromatic N) is 4. The second-order valence-electron chi connectivity index (χ2n) is 7.78. The third kappa shape index (κ3) is 4.41. The zero-order valence-corrected chi connectivity index (χ0v) is 17.5. The van der Waals surface area contributed by atoms with Crippen molar-refractivity contribution in [3.05, 3.63) is 48.3 Å². The molecule has 156 valence electrons. The summed E-state index contributed by atoms with van der Waals surface area (Å²) < 4.78 is 11.8. The standard InChI is InChI=1S/C23H26N4O3/c1-15(2)17-4-6-18(7-5-17)20-12-21-22(25-9-8-24-21)23(26-20)30-14-19-13-27(16(3)28)10-11-29-19/h4-9,12,15,19H,10-11,13-14H2,1-3H3/t19-/m0/s1. The van der Waals surface area contributed by atoms with Crippen molar-refractivity contribution in [1.82, 2.24) is 19.9 Å². The lowest BCUT2D eigenvalue weighted by molar-refractivity contribution is -0.137. The Labute approximate surface area is 176 Å². The maximum atomic E-state index is 11.7. The minimum absolute atomic E-state index is 0.0459. The zero-order chi connectivity index (χ0) is 21.1. The Morgan fingerprint density at radius 3 is 2.73 bits per heavy atom. The number of hydrogen-bond acceptors (Lipinski definition) is 6. The summed E-state index contributed by atoms with van der Waals surface area (Å²) in [7, 11) is 0. The zero-order valence-electron chi connectivity index (χ0n) is 17.5. The number of hydrogen-bond donors (Lipinski definition) is 0. The van der Waals surface area contributed by atoms with Gasteiger partial charge in [-0.15, -0.1) is 0 Å². The van der Waals surface area contributed by atoms with Crippen molar-refractivity contribution >= 4 is 16.9 Å². The van der Waals surface area contributed by atoms with Gasteiger partial charge in [-0.1, -0.05) is 38.1 Å². The maximum Gasteiger partial charge on any atom is 0.242 e. The maximum absolute atomic E-state index is 11.7. The molecule has 4 rings (SSSR count). The fourth-order valence-electron chi connectivity index (χ4n) is 3.51. The fraction of sp³-hybridized carbons (Fsp3) is 0.391. The second kappa shape index (κ2) is 8.75. The van der Waals surface area contributed by atoms with Crippen LogP contribution in [0.3, 0.4) is 0 Å². The highest BCUT2D eigenvalue weighted by Gasteiger charge is 2.23. The predicted molar refractivity (Wildman–Crippen MR) is 114 cm³/mol. The van der Waals surface area contributed by atoms with Crippen molar-refractivity contribution in [3.63, 3.8) is 0 Å². The molecule has 7 nitrogen and oxygen atoms in total. The molecule has 1 fully saturated rings. The Balaban J connectivity index is 1.60. The van der Waals surface area contributed by atoms with Crippen molar-refractivity contribution in [2.24, 2.45) is 0 Å². The average molecular weight is 406 g/mol. The van der Waals surface area contributed by atoms with Crippen molar-refractivity contribution in [2.45, 2.75) is 32.8 Å². The third-order valence-corrected chi connectivity index (χ3v) is 5.29. The van der Waals surface area contributed by atoms with Gasteiger partial charge in [-0.25, -0.2) is 9.97 Å². The van der Waals surface area contributed by atoms with E-state index < -0.39 is 0 Å². The summed E-state index contributed by atoms with van der Waals surface area (Å²) in [5.74, 6) is 0.940. The molecule has 1 saturated heterocycles. The van der Waals surface area contributed by atoms with Crippen molar-refractivity contribution in [3.8, 4) is 17.1 Å². The molecular formula is C23H26N4O3. The Hall–Kier alpha value is -3.06. The van der Waals surface area contributed by atoms with Crippen molar-refractivity contribution < 1.29 is 14.3 Å². The van der Waals surface area contributed by atoms with Crippen LogP contribution in [0.1, 0.15) is 32.3 Å². The van der Waals surface area contributed by atoms with Crippen LogP contribution in [0.2, 0.25) is 0 Å². The van der Waals surface area contributed by atoms with E-state index in [1.165, 1.54) is 5.56 Å². The van der Waals surface area contributed by atoms with E-state index in [0.29, 0.717) is 37.0 Å². The number of aromatic nitrogens is 3. The second-order valence-corrected chi connectivity index (χ2v) is 7.78. The molecule has 0 aliphatic carbocycles. The van der Waals surface area contributed by atoms with Crippen molar-refractivity contribution in [2.75, 3.05) is 26.3 Å². The first-order valence-electron chi connectivity index (χ1n) is 10.2. The van der Waals surface area contributed by atoms with Gasteiger partial charge in [0.2, 0.25) is 11.8 Å². The normalized spacial score (nSPS) is 16.8. The molecule has 1 amide bonds. The molecule has 1 aromatic carbocycles. The molecule has 0 radical (unpaired) electrons. The third-order valence-electron chi connectivity index (χ3n) is 5.29. The number of pyridine rings is 1. The molecule has 1 aliphatic rings. The monoisotopic (exact) mass is 406 g/mol. The van der Waals surface area contributed by atoms with E-state index in [4.69, 9.17) is 14.5 Å². The lowest BCUT2D eigenvalue weighted by Crippen LogP contribution is -2.46. The van der Waals surface area contributed by atoms with E-state index in [-0.39, 0.29) is 18.6 Å². The first-order chi connectivity index (χ1) is 14.5. The molecule has 2 aromatic heterocycles. The lowest BCUT2D eigenvalue weighted by Gasteiger charge is -2.32. The van der Waals surface area contributed by atoms with Crippen LogP contribution in [0.5, 0.6) is 5.88 Å². The highest BCUT2D eigenvalue weighted by molar-refractivity contribution is 5.83. The number of rotatable bonds is 5. The number of amides is 1. The number of carbonyl (C=O) groups is 1.